The molecular formula is C14H19N3. The van der Waals surface area contributed by atoms with E-state index in [9.17, 15) is 0 Å². The number of nitrogen functional groups attached to an aromatic ring is 1. The van der Waals surface area contributed by atoms with Crippen molar-refractivity contribution in [2.24, 2.45) is 7.05 Å². The number of aromatic nitrogens is 2. The lowest BCUT2D eigenvalue weighted by atomic mass is 10.1. The molecule has 2 rings (SSSR count). The Morgan fingerprint density at radius 3 is 2.41 bits per heavy atom. The predicted octanol–water partition coefficient (Wildman–Crippen LogP) is 3.10. The molecule has 2 aromatic rings. The lowest BCUT2D eigenvalue weighted by Gasteiger charge is -2.05. The van der Waals surface area contributed by atoms with Gasteiger partial charge in [0.15, 0.2) is 0 Å². The molecule has 0 unspecified atom stereocenters. The van der Waals surface area contributed by atoms with Crippen LogP contribution in [0, 0.1) is 6.92 Å². The van der Waals surface area contributed by atoms with E-state index >= 15 is 0 Å². The molecule has 0 amide bonds. The standard InChI is InChI=1S/C14H19N3/c1-9(2)14-16-12(13(15)17(14)4)11-8-6-5-7-10(11)3/h5-9H,15H2,1-4H3. The van der Waals surface area contributed by atoms with Crippen LogP contribution in [0.25, 0.3) is 11.3 Å². The Labute approximate surface area is 102 Å². The average molecular weight is 229 g/mol. The molecule has 0 aliphatic carbocycles. The molecule has 0 atom stereocenters. The maximum atomic E-state index is 6.14. The molecule has 0 saturated heterocycles. The lowest BCUT2D eigenvalue weighted by Crippen LogP contribution is -2.02. The number of imidazole rings is 1. The first-order chi connectivity index (χ1) is 8.02. The van der Waals surface area contributed by atoms with Crippen LogP contribution in [0.3, 0.4) is 0 Å². The molecule has 0 radical (unpaired) electrons. The van der Waals surface area contributed by atoms with E-state index in [0.29, 0.717) is 5.92 Å². The number of hydrogen-bond donors (Lipinski definition) is 1. The number of rotatable bonds is 2. The Morgan fingerprint density at radius 1 is 1.24 bits per heavy atom. The molecular weight excluding hydrogens is 210 g/mol. The summed E-state index contributed by atoms with van der Waals surface area (Å²) in [6, 6.07) is 8.20. The fraction of sp³-hybridized carbons (Fsp3) is 0.357. The van der Waals surface area contributed by atoms with Crippen LogP contribution >= 0.6 is 0 Å². The fourth-order valence-electron chi connectivity index (χ4n) is 2.08. The van der Waals surface area contributed by atoms with Crippen LogP contribution in [0.2, 0.25) is 0 Å². The van der Waals surface area contributed by atoms with Crippen molar-refractivity contribution >= 4 is 5.82 Å². The van der Waals surface area contributed by atoms with Gasteiger partial charge >= 0.3 is 0 Å². The summed E-state index contributed by atoms with van der Waals surface area (Å²) in [5, 5.41) is 0. The normalized spacial score (nSPS) is 11.1. The van der Waals surface area contributed by atoms with E-state index in [0.717, 1.165) is 22.9 Å². The van der Waals surface area contributed by atoms with Gasteiger partial charge in [-0.05, 0) is 12.5 Å². The average Bonchev–Trinajstić information content (AvgIpc) is 2.57. The summed E-state index contributed by atoms with van der Waals surface area (Å²) in [7, 11) is 1.97. The Kier molecular flexibility index (Phi) is 2.92. The number of nitrogens with zero attached hydrogens (tertiary/aromatic N) is 2. The van der Waals surface area contributed by atoms with Crippen LogP contribution in [0.4, 0.5) is 5.82 Å². The van der Waals surface area contributed by atoms with E-state index in [1.165, 1.54) is 5.56 Å². The molecule has 0 saturated carbocycles. The van der Waals surface area contributed by atoms with Crippen LogP contribution in [0.15, 0.2) is 24.3 Å². The smallest absolute Gasteiger partial charge is 0.131 e. The van der Waals surface area contributed by atoms with E-state index in [4.69, 9.17) is 5.73 Å². The monoisotopic (exact) mass is 229 g/mol. The van der Waals surface area contributed by atoms with Gasteiger partial charge in [0.1, 0.15) is 17.3 Å². The van der Waals surface area contributed by atoms with Crippen molar-refractivity contribution < 1.29 is 0 Å². The van der Waals surface area contributed by atoms with Gasteiger partial charge in [-0.3, -0.25) is 0 Å². The second-order valence-electron chi connectivity index (χ2n) is 4.73. The Bertz CT molecular complexity index is 538. The van der Waals surface area contributed by atoms with Gasteiger partial charge in [0.2, 0.25) is 0 Å². The third kappa shape index (κ3) is 1.93. The van der Waals surface area contributed by atoms with Gasteiger partial charge in [0, 0.05) is 18.5 Å². The topological polar surface area (TPSA) is 43.8 Å². The molecule has 0 spiro atoms. The van der Waals surface area contributed by atoms with E-state index in [2.05, 4.69) is 37.9 Å². The first kappa shape index (κ1) is 11.7. The summed E-state index contributed by atoms with van der Waals surface area (Å²) in [5.41, 5.74) is 9.36. The van der Waals surface area contributed by atoms with Crippen molar-refractivity contribution in [1.82, 2.24) is 9.55 Å². The minimum Gasteiger partial charge on any atom is -0.383 e. The SMILES string of the molecule is Cc1ccccc1-c1nc(C(C)C)n(C)c1N. The number of anilines is 1. The zero-order valence-electron chi connectivity index (χ0n) is 10.9. The largest absolute Gasteiger partial charge is 0.383 e. The molecule has 17 heavy (non-hydrogen) atoms. The molecule has 0 fully saturated rings. The summed E-state index contributed by atoms with van der Waals surface area (Å²) in [4.78, 5) is 4.68. The van der Waals surface area contributed by atoms with E-state index in [1.54, 1.807) is 0 Å². The van der Waals surface area contributed by atoms with Crippen molar-refractivity contribution in [2.75, 3.05) is 5.73 Å². The van der Waals surface area contributed by atoms with Crippen LogP contribution < -0.4 is 5.73 Å². The van der Waals surface area contributed by atoms with Crippen LogP contribution in [0.5, 0.6) is 0 Å². The zero-order chi connectivity index (χ0) is 12.6. The minimum atomic E-state index is 0.375. The van der Waals surface area contributed by atoms with Crippen molar-refractivity contribution in [3.8, 4) is 11.3 Å². The van der Waals surface area contributed by atoms with E-state index in [1.807, 2.05) is 23.7 Å². The maximum absolute atomic E-state index is 6.14. The molecule has 0 aliphatic heterocycles. The third-order valence-electron chi connectivity index (χ3n) is 3.09. The molecule has 90 valence electrons. The van der Waals surface area contributed by atoms with Gasteiger partial charge in [-0.2, -0.15) is 0 Å². The highest BCUT2D eigenvalue weighted by atomic mass is 15.1. The van der Waals surface area contributed by atoms with E-state index < -0.39 is 0 Å². The summed E-state index contributed by atoms with van der Waals surface area (Å²) in [5.74, 6) is 2.14. The fourth-order valence-corrected chi connectivity index (χ4v) is 2.08. The third-order valence-corrected chi connectivity index (χ3v) is 3.09. The molecule has 2 N–H and O–H groups in total. The van der Waals surface area contributed by atoms with Crippen LogP contribution in [-0.4, -0.2) is 9.55 Å². The van der Waals surface area contributed by atoms with Gasteiger partial charge in [0.25, 0.3) is 0 Å². The lowest BCUT2D eigenvalue weighted by molar-refractivity contribution is 0.715. The molecule has 0 aliphatic rings. The summed E-state index contributed by atoms with van der Waals surface area (Å²) in [6.07, 6.45) is 0. The van der Waals surface area contributed by atoms with Crippen molar-refractivity contribution in [1.29, 1.82) is 0 Å². The Morgan fingerprint density at radius 2 is 1.88 bits per heavy atom. The number of hydrogen-bond acceptors (Lipinski definition) is 2. The quantitative estimate of drug-likeness (QED) is 0.860. The highest BCUT2D eigenvalue weighted by Gasteiger charge is 2.16. The van der Waals surface area contributed by atoms with Gasteiger partial charge in [-0.1, -0.05) is 38.1 Å². The van der Waals surface area contributed by atoms with Crippen molar-refractivity contribution in [2.45, 2.75) is 26.7 Å². The maximum Gasteiger partial charge on any atom is 0.131 e. The first-order valence-electron chi connectivity index (χ1n) is 5.90. The van der Waals surface area contributed by atoms with E-state index in [-0.39, 0.29) is 0 Å². The molecule has 1 heterocycles. The Hall–Kier alpha value is -1.77. The predicted molar refractivity (Wildman–Crippen MR) is 71.9 cm³/mol. The van der Waals surface area contributed by atoms with Gasteiger partial charge < -0.3 is 10.3 Å². The van der Waals surface area contributed by atoms with Crippen molar-refractivity contribution in [3.63, 3.8) is 0 Å². The number of aryl methyl sites for hydroxylation is 1. The Balaban J connectivity index is 2.61. The van der Waals surface area contributed by atoms with Crippen molar-refractivity contribution in [3.05, 3.63) is 35.7 Å². The summed E-state index contributed by atoms with van der Waals surface area (Å²) in [6.45, 7) is 6.34. The molecule has 1 aromatic heterocycles. The minimum absolute atomic E-state index is 0.375. The van der Waals surface area contributed by atoms with Crippen LogP contribution in [0.1, 0.15) is 31.2 Å². The first-order valence-corrected chi connectivity index (χ1v) is 5.90. The van der Waals surface area contributed by atoms with Gasteiger partial charge in [-0.25, -0.2) is 4.98 Å². The molecule has 1 aromatic carbocycles. The number of nitrogens with two attached hydrogens (primary N) is 1. The summed E-state index contributed by atoms with van der Waals surface area (Å²) >= 11 is 0. The second-order valence-corrected chi connectivity index (χ2v) is 4.73. The highest BCUT2D eigenvalue weighted by Crippen LogP contribution is 2.30. The zero-order valence-corrected chi connectivity index (χ0v) is 10.9. The summed E-state index contributed by atoms with van der Waals surface area (Å²) < 4.78 is 1.98. The highest BCUT2D eigenvalue weighted by molar-refractivity contribution is 5.73. The van der Waals surface area contributed by atoms with Gasteiger partial charge in [-0.15, -0.1) is 0 Å². The van der Waals surface area contributed by atoms with Gasteiger partial charge in [0.05, 0.1) is 0 Å². The molecule has 0 bridgehead atoms. The van der Waals surface area contributed by atoms with Crippen LogP contribution in [-0.2, 0) is 7.05 Å². The molecule has 3 heteroatoms. The number of benzene rings is 1. The molecule has 3 nitrogen and oxygen atoms in total. The second kappa shape index (κ2) is 4.24.